The fraction of sp³-hybridized carbons (Fsp3) is 0.400. The summed E-state index contributed by atoms with van der Waals surface area (Å²) >= 11 is 1.29. The molecular formula is C15H18N2O4S2. The smallest absolute Gasteiger partial charge is 0.348 e. The van der Waals surface area contributed by atoms with E-state index < -0.39 is 10.0 Å². The average molecular weight is 354 g/mol. The number of ether oxygens (including phenoxy) is 1. The van der Waals surface area contributed by atoms with Crippen LogP contribution in [0.5, 0.6) is 0 Å². The first-order valence-electron chi connectivity index (χ1n) is 7.38. The van der Waals surface area contributed by atoms with Gasteiger partial charge in [0.25, 0.3) is 0 Å². The highest BCUT2D eigenvalue weighted by Gasteiger charge is 2.31. The number of nitrogens with two attached hydrogens (primary N) is 1. The molecule has 1 saturated heterocycles. The molecule has 2 aromatic rings. The molecule has 1 aromatic carbocycles. The highest BCUT2D eigenvalue weighted by molar-refractivity contribution is 7.89. The second-order valence-electron chi connectivity index (χ2n) is 5.44. The van der Waals surface area contributed by atoms with Crippen LogP contribution in [0.4, 0.5) is 0 Å². The van der Waals surface area contributed by atoms with Gasteiger partial charge in [-0.2, -0.15) is 4.31 Å². The van der Waals surface area contributed by atoms with Crippen molar-refractivity contribution in [3.05, 3.63) is 29.1 Å². The Morgan fingerprint density at radius 2 is 2.22 bits per heavy atom. The van der Waals surface area contributed by atoms with E-state index in [0.29, 0.717) is 31.0 Å². The first kappa shape index (κ1) is 16.4. The van der Waals surface area contributed by atoms with Crippen molar-refractivity contribution in [1.29, 1.82) is 0 Å². The fourth-order valence-corrected chi connectivity index (χ4v) is 5.09. The monoisotopic (exact) mass is 354 g/mol. The minimum Gasteiger partial charge on any atom is -0.462 e. The van der Waals surface area contributed by atoms with E-state index in [0.717, 1.165) is 10.1 Å². The lowest BCUT2D eigenvalue weighted by Gasteiger charge is -2.15. The molecule has 1 aromatic heterocycles. The first-order valence-corrected chi connectivity index (χ1v) is 9.64. The minimum absolute atomic E-state index is 0.106. The molecule has 0 amide bonds. The van der Waals surface area contributed by atoms with Crippen LogP contribution in [0.25, 0.3) is 10.1 Å². The Labute approximate surface area is 138 Å². The van der Waals surface area contributed by atoms with Crippen LogP contribution in [-0.4, -0.2) is 44.4 Å². The van der Waals surface area contributed by atoms with Crippen molar-refractivity contribution in [3.8, 4) is 0 Å². The van der Waals surface area contributed by atoms with Crippen LogP contribution in [-0.2, 0) is 14.8 Å². The summed E-state index contributed by atoms with van der Waals surface area (Å²) in [6, 6.07) is 6.48. The van der Waals surface area contributed by atoms with Gasteiger partial charge in [0, 0.05) is 23.8 Å². The van der Waals surface area contributed by atoms with Crippen LogP contribution < -0.4 is 5.73 Å². The van der Waals surface area contributed by atoms with Gasteiger partial charge in [0.05, 0.1) is 11.5 Å². The Morgan fingerprint density at radius 3 is 2.87 bits per heavy atom. The zero-order valence-electron chi connectivity index (χ0n) is 12.7. The van der Waals surface area contributed by atoms with Gasteiger partial charge in [0.2, 0.25) is 10.0 Å². The summed E-state index contributed by atoms with van der Waals surface area (Å²) in [4.78, 5) is 12.5. The molecule has 0 radical (unpaired) electrons. The topological polar surface area (TPSA) is 89.7 Å². The van der Waals surface area contributed by atoms with Crippen LogP contribution in [0.2, 0.25) is 0 Å². The Bertz CT molecular complexity index is 844. The standard InChI is InChI=1S/C15H18N2O4S2/c1-2-21-15(18)14-8-10-7-12(3-4-13(10)22-14)23(19,20)17-6-5-11(16)9-17/h3-4,7-8,11H,2,5-6,9,16H2,1H3. The van der Waals surface area contributed by atoms with E-state index in [1.54, 1.807) is 31.2 Å². The third-order valence-corrected chi connectivity index (χ3v) is 6.75. The summed E-state index contributed by atoms with van der Waals surface area (Å²) in [6.45, 7) is 2.84. The van der Waals surface area contributed by atoms with Crippen molar-refractivity contribution < 1.29 is 17.9 Å². The second kappa shape index (κ2) is 6.20. The molecule has 1 fully saturated rings. The van der Waals surface area contributed by atoms with Crippen LogP contribution >= 0.6 is 11.3 Å². The molecule has 2 N–H and O–H groups in total. The van der Waals surface area contributed by atoms with E-state index in [1.165, 1.54) is 15.6 Å². The molecule has 0 saturated carbocycles. The van der Waals surface area contributed by atoms with Crippen molar-refractivity contribution in [2.75, 3.05) is 19.7 Å². The van der Waals surface area contributed by atoms with Gasteiger partial charge in [-0.15, -0.1) is 11.3 Å². The van der Waals surface area contributed by atoms with Crippen molar-refractivity contribution in [2.45, 2.75) is 24.3 Å². The largest absolute Gasteiger partial charge is 0.462 e. The number of benzene rings is 1. The molecule has 2 heterocycles. The highest BCUT2D eigenvalue weighted by atomic mass is 32.2. The van der Waals surface area contributed by atoms with E-state index in [9.17, 15) is 13.2 Å². The third kappa shape index (κ3) is 3.12. The van der Waals surface area contributed by atoms with E-state index in [4.69, 9.17) is 10.5 Å². The summed E-state index contributed by atoms with van der Waals surface area (Å²) in [5.41, 5.74) is 5.80. The molecule has 124 valence electrons. The van der Waals surface area contributed by atoms with Gasteiger partial charge >= 0.3 is 5.97 Å². The summed E-state index contributed by atoms with van der Waals surface area (Å²) in [5, 5.41) is 0.725. The Kier molecular flexibility index (Phi) is 4.41. The molecule has 6 nitrogen and oxygen atoms in total. The van der Waals surface area contributed by atoms with E-state index >= 15 is 0 Å². The minimum atomic E-state index is -3.54. The van der Waals surface area contributed by atoms with Crippen molar-refractivity contribution in [2.24, 2.45) is 5.73 Å². The average Bonchev–Trinajstić information content (AvgIpc) is 3.12. The number of esters is 1. The number of carbonyl (C=O) groups is 1. The maximum atomic E-state index is 12.6. The normalized spacial score (nSPS) is 19.3. The number of hydrogen-bond acceptors (Lipinski definition) is 6. The molecule has 23 heavy (non-hydrogen) atoms. The fourth-order valence-electron chi connectivity index (χ4n) is 2.61. The lowest BCUT2D eigenvalue weighted by molar-refractivity contribution is 0.0532. The third-order valence-electron chi connectivity index (χ3n) is 3.79. The molecule has 1 unspecified atom stereocenters. The lowest BCUT2D eigenvalue weighted by atomic mass is 10.2. The zero-order valence-corrected chi connectivity index (χ0v) is 14.3. The van der Waals surface area contributed by atoms with Gasteiger partial charge in [-0.05, 0) is 43.0 Å². The van der Waals surface area contributed by atoms with Crippen molar-refractivity contribution >= 4 is 37.4 Å². The van der Waals surface area contributed by atoms with Gasteiger partial charge < -0.3 is 10.5 Å². The number of nitrogens with zero attached hydrogens (tertiary/aromatic N) is 1. The van der Waals surface area contributed by atoms with Gasteiger partial charge in [-0.3, -0.25) is 0 Å². The Balaban J connectivity index is 1.95. The predicted molar refractivity (Wildman–Crippen MR) is 89.1 cm³/mol. The van der Waals surface area contributed by atoms with Crippen LogP contribution in [0.1, 0.15) is 23.0 Å². The van der Waals surface area contributed by atoms with Crippen LogP contribution in [0.3, 0.4) is 0 Å². The zero-order chi connectivity index (χ0) is 16.6. The van der Waals surface area contributed by atoms with Crippen molar-refractivity contribution in [1.82, 2.24) is 4.31 Å². The molecule has 0 bridgehead atoms. The van der Waals surface area contributed by atoms with E-state index in [-0.39, 0.29) is 16.9 Å². The number of carbonyl (C=O) groups excluding carboxylic acids is 1. The molecular weight excluding hydrogens is 336 g/mol. The van der Waals surface area contributed by atoms with Gasteiger partial charge in [0.15, 0.2) is 0 Å². The molecule has 8 heteroatoms. The molecule has 0 spiro atoms. The quantitative estimate of drug-likeness (QED) is 0.846. The summed E-state index contributed by atoms with van der Waals surface area (Å²) in [5.74, 6) is -0.386. The Hall–Kier alpha value is -1.48. The number of thiophene rings is 1. The number of fused-ring (bicyclic) bond motifs is 1. The van der Waals surface area contributed by atoms with Crippen molar-refractivity contribution in [3.63, 3.8) is 0 Å². The highest BCUT2D eigenvalue weighted by Crippen LogP contribution is 2.30. The maximum Gasteiger partial charge on any atom is 0.348 e. The predicted octanol–water partition coefficient (Wildman–Crippen LogP) is 1.80. The van der Waals surface area contributed by atoms with Gasteiger partial charge in [0.1, 0.15) is 4.88 Å². The summed E-state index contributed by atoms with van der Waals surface area (Å²) in [7, 11) is -3.54. The van der Waals surface area contributed by atoms with E-state index in [1.807, 2.05) is 0 Å². The molecule has 1 atom stereocenters. The van der Waals surface area contributed by atoms with Gasteiger partial charge in [-0.1, -0.05) is 0 Å². The van der Waals surface area contributed by atoms with Crippen LogP contribution in [0.15, 0.2) is 29.2 Å². The molecule has 1 aliphatic heterocycles. The summed E-state index contributed by atoms with van der Waals surface area (Å²) < 4.78 is 32.5. The summed E-state index contributed by atoms with van der Waals surface area (Å²) in [6.07, 6.45) is 0.674. The lowest BCUT2D eigenvalue weighted by Crippen LogP contribution is -2.31. The number of rotatable bonds is 4. The Morgan fingerprint density at radius 1 is 1.43 bits per heavy atom. The van der Waals surface area contributed by atoms with Crippen LogP contribution in [0, 0.1) is 0 Å². The molecule has 1 aliphatic rings. The number of sulfonamides is 1. The SMILES string of the molecule is CCOC(=O)c1cc2cc(S(=O)(=O)N3CCC(N)C3)ccc2s1. The molecule has 3 rings (SSSR count). The number of hydrogen-bond donors (Lipinski definition) is 1. The van der Waals surface area contributed by atoms with Gasteiger partial charge in [-0.25, -0.2) is 13.2 Å². The molecule has 0 aliphatic carbocycles. The first-order chi connectivity index (χ1) is 10.9. The van der Waals surface area contributed by atoms with E-state index in [2.05, 4.69) is 0 Å². The second-order valence-corrected chi connectivity index (χ2v) is 8.46. The maximum absolute atomic E-state index is 12.6.